The Morgan fingerprint density at radius 1 is 1.21 bits per heavy atom. The molecule has 7 nitrogen and oxygen atoms in total. The van der Waals surface area contributed by atoms with Crippen molar-refractivity contribution in [3.05, 3.63) is 23.8 Å². The molecular weight excluding hydrogens is 254 g/mol. The van der Waals surface area contributed by atoms with Crippen molar-refractivity contribution in [1.82, 2.24) is 4.90 Å². The van der Waals surface area contributed by atoms with Crippen molar-refractivity contribution in [1.29, 1.82) is 0 Å². The summed E-state index contributed by atoms with van der Waals surface area (Å²) in [5, 5.41) is 37.0. The predicted octanol–water partition coefficient (Wildman–Crippen LogP) is -0.242. The Morgan fingerprint density at radius 3 is 2.47 bits per heavy atom. The Labute approximate surface area is 108 Å². The second-order valence-corrected chi connectivity index (χ2v) is 4.40. The molecule has 102 valence electrons. The Bertz CT molecular complexity index is 529. The number of aliphatic hydroxyl groups excluding tert-OH is 1. The van der Waals surface area contributed by atoms with Gasteiger partial charge in [0.2, 0.25) is 0 Å². The highest BCUT2D eigenvalue weighted by atomic mass is 16.4. The molecule has 7 heteroatoms. The average molecular weight is 267 g/mol. The fourth-order valence-corrected chi connectivity index (χ4v) is 2.09. The number of carbonyl (C=O) groups is 2. The van der Waals surface area contributed by atoms with Crippen LogP contribution in [0.15, 0.2) is 18.2 Å². The van der Waals surface area contributed by atoms with Gasteiger partial charge in [0, 0.05) is 18.5 Å². The number of rotatable bonds is 2. The van der Waals surface area contributed by atoms with E-state index in [1.807, 2.05) is 0 Å². The summed E-state index contributed by atoms with van der Waals surface area (Å²) >= 11 is 0. The van der Waals surface area contributed by atoms with Crippen molar-refractivity contribution in [2.75, 3.05) is 6.54 Å². The molecule has 1 aliphatic heterocycles. The molecule has 0 aromatic heterocycles. The lowest BCUT2D eigenvalue weighted by Crippen LogP contribution is -2.40. The number of carboxylic acid groups (broad SMARTS) is 1. The summed E-state index contributed by atoms with van der Waals surface area (Å²) in [5.74, 6) is -2.63. The second-order valence-electron chi connectivity index (χ2n) is 4.40. The van der Waals surface area contributed by atoms with Crippen LogP contribution in [0.3, 0.4) is 0 Å². The van der Waals surface area contributed by atoms with Crippen molar-refractivity contribution < 1.29 is 30.0 Å². The number of carboxylic acids is 1. The van der Waals surface area contributed by atoms with Gasteiger partial charge in [-0.05, 0) is 18.2 Å². The van der Waals surface area contributed by atoms with Gasteiger partial charge in [0.1, 0.15) is 6.04 Å². The predicted molar refractivity (Wildman–Crippen MR) is 62.9 cm³/mol. The van der Waals surface area contributed by atoms with E-state index in [4.69, 9.17) is 10.2 Å². The molecule has 1 heterocycles. The van der Waals surface area contributed by atoms with Crippen molar-refractivity contribution in [2.45, 2.75) is 18.6 Å². The standard InChI is InChI=1S/C12H13NO6/c14-7-4-8(12(18)19)13(5-7)11(17)6-1-2-9(15)10(16)3-6/h1-3,7-8,14-16H,4-5H2,(H,18,19)/t7-,8-/m0/s1. The van der Waals surface area contributed by atoms with E-state index in [-0.39, 0.29) is 24.3 Å². The molecule has 1 aromatic rings. The monoisotopic (exact) mass is 267 g/mol. The first-order valence-corrected chi connectivity index (χ1v) is 5.64. The number of hydrogen-bond donors (Lipinski definition) is 4. The smallest absolute Gasteiger partial charge is 0.326 e. The minimum absolute atomic E-state index is 0.0227. The van der Waals surface area contributed by atoms with Gasteiger partial charge in [-0.15, -0.1) is 0 Å². The molecule has 0 radical (unpaired) electrons. The van der Waals surface area contributed by atoms with Crippen LogP contribution < -0.4 is 0 Å². The van der Waals surface area contributed by atoms with Gasteiger partial charge in [0.15, 0.2) is 11.5 Å². The summed E-state index contributed by atoms with van der Waals surface area (Å²) in [5.41, 5.74) is 0.0515. The lowest BCUT2D eigenvalue weighted by Gasteiger charge is -2.21. The number of hydrogen-bond acceptors (Lipinski definition) is 5. The number of aliphatic carboxylic acids is 1. The number of nitrogens with zero attached hydrogens (tertiary/aromatic N) is 1. The Hall–Kier alpha value is -2.28. The van der Waals surface area contributed by atoms with Crippen LogP contribution in [-0.4, -0.2) is 55.9 Å². The Kier molecular flexibility index (Phi) is 3.30. The molecule has 1 aliphatic rings. The highest BCUT2D eigenvalue weighted by Gasteiger charge is 2.39. The molecule has 1 amide bonds. The topological polar surface area (TPSA) is 118 Å². The van der Waals surface area contributed by atoms with E-state index in [0.717, 1.165) is 17.0 Å². The summed E-state index contributed by atoms with van der Waals surface area (Å²) in [4.78, 5) is 24.2. The first-order chi connectivity index (χ1) is 8.90. The van der Waals surface area contributed by atoms with Crippen LogP contribution in [-0.2, 0) is 4.79 Å². The molecule has 1 aromatic carbocycles. The zero-order chi connectivity index (χ0) is 14.2. The molecule has 0 saturated carbocycles. The van der Waals surface area contributed by atoms with Crippen LogP contribution in [0.5, 0.6) is 11.5 Å². The maximum absolute atomic E-state index is 12.1. The van der Waals surface area contributed by atoms with Crippen LogP contribution in [0.2, 0.25) is 0 Å². The van der Waals surface area contributed by atoms with E-state index in [1.165, 1.54) is 6.07 Å². The molecule has 2 rings (SSSR count). The first kappa shape index (κ1) is 13.2. The molecule has 4 N–H and O–H groups in total. The van der Waals surface area contributed by atoms with E-state index in [9.17, 15) is 19.8 Å². The summed E-state index contributed by atoms with van der Waals surface area (Å²) < 4.78 is 0. The molecule has 0 bridgehead atoms. The molecule has 2 atom stereocenters. The average Bonchev–Trinajstić information content (AvgIpc) is 2.74. The lowest BCUT2D eigenvalue weighted by atomic mass is 10.1. The number of carbonyl (C=O) groups excluding carboxylic acids is 1. The van der Waals surface area contributed by atoms with E-state index >= 15 is 0 Å². The second kappa shape index (κ2) is 4.77. The number of benzene rings is 1. The molecule has 1 fully saturated rings. The maximum Gasteiger partial charge on any atom is 0.326 e. The van der Waals surface area contributed by atoms with Gasteiger partial charge in [0.25, 0.3) is 5.91 Å². The van der Waals surface area contributed by atoms with Gasteiger partial charge in [0.05, 0.1) is 6.10 Å². The van der Waals surface area contributed by atoms with Crippen LogP contribution >= 0.6 is 0 Å². The maximum atomic E-state index is 12.1. The van der Waals surface area contributed by atoms with Crippen LogP contribution in [0.1, 0.15) is 16.8 Å². The third-order valence-electron chi connectivity index (χ3n) is 3.05. The zero-order valence-corrected chi connectivity index (χ0v) is 9.85. The summed E-state index contributed by atoms with van der Waals surface area (Å²) in [7, 11) is 0. The molecule has 1 saturated heterocycles. The van der Waals surface area contributed by atoms with Crippen molar-refractivity contribution >= 4 is 11.9 Å². The number of aromatic hydroxyl groups is 2. The minimum Gasteiger partial charge on any atom is -0.504 e. The van der Waals surface area contributed by atoms with E-state index in [2.05, 4.69) is 0 Å². The van der Waals surface area contributed by atoms with Gasteiger partial charge in [-0.3, -0.25) is 4.79 Å². The van der Waals surface area contributed by atoms with E-state index in [0.29, 0.717) is 0 Å². The van der Waals surface area contributed by atoms with Gasteiger partial charge in [-0.2, -0.15) is 0 Å². The Morgan fingerprint density at radius 2 is 1.89 bits per heavy atom. The molecular formula is C12H13NO6. The summed E-state index contributed by atoms with van der Waals surface area (Å²) in [6.07, 6.45) is -0.902. The van der Waals surface area contributed by atoms with E-state index < -0.39 is 29.8 Å². The lowest BCUT2D eigenvalue weighted by molar-refractivity contribution is -0.141. The number of phenolic OH excluding ortho intramolecular Hbond substituents is 2. The fourth-order valence-electron chi connectivity index (χ4n) is 2.09. The highest BCUT2D eigenvalue weighted by Crippen LogP contribution is 2.27. The first-order valence-electron chi connectivity index (χ1n) is 5.64. The SMILES string of the molecule is O=C(O)[C@@H]1C[C@H](O)CN1C(=O)c1ccc(O)c(O)c1. The number of aliphatic hydroxyl groups is 1. The number of phenols is 2. The molecule has 0 aliphatic carbocycles. The van der Waals surface area contributed by atoms with Gasteiger partial charge >= 0.3 is 5.97 Å². The minimum atomic E-state index is -1.19. The van der Waals surface area contributed by atoms with Crippen LogP contribution in [0, 0.1) is 0 Å². The van der Waals surface area contributed by atoms with Crippen molar-refractivity contribution in [3.8, 4) is 11.5 Å². The zero-order valence-electron chi connectivity index (χ0n) is 9.85. The summed E-state index contributed by atoms with van der Waals surface area (Å²) in [6, 6.07) is 2.39. The normalized spacial score (nSPS) is 22.5. The third kappa shape index (κ3) is 2.45. The van der Waals surface area contributed by atoms with Gasteiger partial charge in [-0.25, -0.2) is 4.79 Å². The van der Waals surface area contributed by atoms with Crippen LogP contribution in [0.25, 0.3) is 0 Å². The molecule has 0 unspecified atom stereocenters. The molecule has 19 heavy (non-hydrogen) atoms. The van der Waals surface area contributed by atoms with Crippen LogP contribution in [0.4, 0.5) is 0 Å². The number of amides is 1. The Balaban J connectivity index is 2.27. The van der Waals surface area contributed by atoms with E-state index in [1.54, 1.807) is 0 Å². The third-order valence-corrected chi connectivity index (χ3v) is 3.05. The van der Waals surface area contributed by atoms with Gasteiger partial charge < -0.3 is 25.3 Å². The molecule has 0 spiro atoms. The van der Waals surface area contributed by atoms with Crippen molar-refractivity contribution in [2.24, 2.45) is 0 Å². The quantitative estimate of drug-likeness (QED) is 0.549. The highest BCUT2D eigenvalue weighted by molar-refractivity contribution is 5.97. The fraction of sp³-hybridized carbons (Fsp3) is 0.333. The number of likely N-dealkylation sites (tertiary alicyclic amines) is 1. The largest absolute Gasteiger partial charge is 0.504 e. The van der Waals surface area contributed by atoms with Gasteiger partial charge in [-0.1, -0.05) is 0 Å². The summed E-state index contributed by atoms with van der Waals surface area (Å²) in [6.45, 7) is -0.0720. The number of β-amino-alcohol motifs (C(OH)–C–C–N with tert-alkyl or cyclic N) is 1. The van der Waals surface area contributed by atoms with Crippen molar-refractivity contribution in [3.63, 3.8) is 0 Å².